The van der Waals surface area contributed by atoms with E-state index in [1.165, 1.54) is 4.57 Å². The summed E-state index contributed by atoms with van der Waals surface area (Å²) in [6.45, 7) is 3.65. The van der Waals surface area contributed by atoms with Crippen molar-refractivity contribution in [3.8, 4) is 0 Å². The van der Waals surface area contributed by atoms with E-state index in [1.54, 1.807) is 18.4 Å². The van der Waals surface area contributed by atoms with Crippen LogP contribution in [0.2, 0.25) is 0 Å². The topological polar surface area (TPSA) is 89.1 Å². The van der Waals surface area contributed by atoms with Crippen LogP contribution in [-0.4, -0.2) is 43.6 Å². The molecule has 0 amide bonds. The second-order valence-corrected chi connectivity index (χ2v) is 9.60. The molecule has 0 spiro atoms. The molecule has 4 heterocycles. The summed E-state index contributed by atoms with van der Waals surface area (Å²) in [5.41, 5.74) is 2.17. The fraction of sp³-hybridized carbons (Fsp3) is 0.321. The third-order valence-corrected chi connectivity index (χ3v) is 7.34. The number of benzene rings is 2. The van der Waals surface area contributed by atoms with E-state index in [-0.39, 0.29) is 11.2 Å². The number of hydrogen-bond donors (Lipinski definition) is 1. The van der Waals surface area contributed by atoms with Crippen LogP contribution in [0.1, 0.15) is 24.4 Å². The lowest BCUT2D eigenvalue weighted by atomic mass is 9.93. The van der Waals surface area contributed by atoms with Crippen molar-refractivity contribution in [3.05, 3.63) is 99.3 Å². The van der Waals surface area contributed by atoms with Crippen LogP contribution in [0.4, 0.5) is 0 Å². The highest BCUT2D eigenvalue weighted by Gasteiger charge is 2.23. The van der Waals surface area contributed by atoms with E-state index in [1.807, 2.05) is 30.3 Å². The number of nitrogens with zero attached hydrogens (tertiary/aromatic N) is 4. The lowest BCUT2D eigenvalue weighted by Crippen LogP contribution is -2.41. The predicted molar refractivity (Wildman–Crippen MR) is 139 cm³/mol. The summed E-state index contributed by atoms with van der Waals surface area (Å²) >= 11 is 0. The Kier molecular flexibility index (Phi) is 6.03. The summed E-state index contributed by atoms with van der Waals surface area (Å²) in [6.07, 6.45) is 4.76. The first-order valence-corrected chi connectivity index (χ1v) is 12.6. The van der Waals surface area contributed by atoms with Crippen LogP contribution in [0, 0.1) is 5.92 Å². The Labute approximate surface area is 207 Å². The molecule has 1 fully saturated rings. The van der Waals surface area contributed by atoms with Crippen molar-refractivity contribution in [2.24, 2.45) is 5.92 Å². The number of aromatic amines is 1. The second-order valence-electron chi connectivity index (χ2n) is 9.60. The molecule has 1 aliphatic heterocycles. The molecular weight excluding hydrogens is 454 g/mol. The van der Waals surface area contributed by atoms with Crippen molar-refractivity contribution in [3.63, 3.8) is 0 Å². The van der Waals surface area contributed by atoms with Crippen molar-refractivity contribution < 1.29 is 4.42 Å². The number of rotatable bonds is 7. The SMILES string of the molecule is O=c1[nH]c2ccccc2c(=O)n1CCN1CCC(Cc2nc3ccccc3n2Cc2ccco2)CC1. The summed E-state index contributed by atoms with van der Waals surface area (Å²) in [5.74, 6) is 2.56. The van der Waals surface area contributed by atoms with Crippen LogP contribution in [0.3, 0.4) is 0 Å². The Balaban J connectivity index is 1.11. The monoisotopic (exact) mass is 483 g/mol. The summed E-state index contributed by atoms with van der Waals surface area (Å²) < 4.78 is 9.22. The molecule has 0 aliphatic carbocycles. The molecule has 184 valence electrons. The van der Waals surface area contributed by atoms with Crippen LogP contribution in [0.15, 0.2) is 80.9 Å². The summed E-state index contributed by atoms with van der Waals surface area (Å²) in [7, 11) is 0. The van der Waals surface area contributed by atoms with E-state index < -0.39 is 0 Å². The molecule has 1 saturated heterocycles. The predicted octanol–water partition coefficient (Wildman–Crippen LogP) is 3.64. The number of nitrogens with one attached hydrogen (secondary N) is 1. The zero-order valence-electron chi connectivity index (χ0n) is 20.1. The van der Waals surface area contributed by atoms with Gasteiger partial charge in [0, 0.05) is 19.5 Å². The van der Waals surface area contributed by atoms with Crippen molar-refractivity contribution in [1.82, 2.24) is 24.0 Å². The van der Waals surface area contributed by atoms with Gasteiger partial charge in [0.05, 0.1) is 34.7 Å². The Morgan fingerprint density at radius 3 is 2.56 bits per heavy atom. The lowest BCUT2D eigenvalue weighted by Gasteiger charge is -2.31. The molecule has 3 aromatic heterocycles. The van der Waals surface area contributed by atoms with E-state index >= 15 is 0 Å². The number of imidazole rings is 1. The highest BCUT2D eigenvalue weighted by Crippen LogP contribution is 2.25. The minimum absolute atomic E-state index is 0.223. The van der Waals surface area contributed by atoms with Gasteiger partial charge in [-0.1, -0.05) is 24.3 Å². The largest absolute Gasteiger partial charge is 0.467 e. The van der Waals surface area contributed by atoms with Crippen molar-refractivity contribution in [2.45, 2.75) is 32.4 Å². The Morgan fingerprint density at radius 2 is 1.72 bits per heavy atom. The van der Waals surface area contributed by atoms with Crippen molar-refractivity contribution >= 4 is 21.9 Å². The molecule has 0 bridgehead atoms. The molecule has 1 N–H and O–H groups in total. The van der Waals surface area contributed by atoms with Gasteiger partial charge in [0.25, 0.3) is 5.56 Å². The van der Waals surface area contributed by atoms with Gasteiger partial charge in [-0.15, -0.1) is 0 Å². The number of likely N-dealkylation sites (tertiary alicyclic amines) is 1. The Hall–Kier alpha value is -3.91. The third kappa shape index (κ3) is 4.40. The van der Waals surface area contributed by atoms with E-state index in [2.05, 4.69) is 32.7 Å². The van der Waals surface area contributed by atoms with Crippen LogP contribution >= 0.6 is 0 Å². The fourth-order valence-corrected chi connectivity index (χ4v) is 5.33. The Morgan fingerprint density at radius 1 is 0.917 bits per heavy atom. The number of H-pyrrole nitrogens is 1. The minimum atomic E-state index is -0.343. The molecule has 5 aromatic rings. The van der Waals surface area contributed by atoms with Gasteiger partial charge in [-0.05, 0) is 68.2 Å². The van der Waals surface area contributed by atoms with Gasteiger partial charge in [0.2, 0.25) is 0 Å². The van der Waals surface area contributed by atoms with Gasteiger partial charge in [0.15, 0.2) is 0 Å². The number of para-hydroxylation sites is 3. The zero-order chi connectivity index (χ0) is 24.5. The fourth-order valence-electron chi connectivity index (χ4n) is 5.33. The van der Waals surface area contributed by atoms with Crippen LogP contribution in [-0.2, 0) is 19.5 Å². The summed E-state index contributed by atoms with van der Waals surface area (Å²) in [4.78, 5) is 35.4. The first-order valence-electron chi connectivity index (χ1n) is 12.6. The number of fused-ring (bicyclic) bond motifs is 2. The molecule has 0 atom stereocenters. The number of furan rings is 1. The summed E-state index contributed by atoms with van der Waals surface area (Å²) in [5, 5.41) is 0.549. The Bertz CT molecular complexity index is 1600. The smallest absolute Gasteiger partial charge is 0.328 e. The standard InChI is InChI=1S/C28H29N5O3/c34-27-22-7-1-2-8-23(22)30-28(35)32(27)16-15-31-13-11-20(12-14-31)18-26-29-24-9-3-4-10-25(24)33(26)19-21-6-5-17-36-21/h1-10,17,20H,11-16,18-19H2,(H,30,35). The maximum absolute atomic E-state index is 12.8. The van der Waals surface area contributed by atoms with Crippen LogP contribution in [0.25, 0.3) is 21.9 Å². The minimum Gasteiger partial charge on any atom is -0.467 e. The molecule has 0 saturated carbocycles. The highest BCUT2D eigenvalue weighted by molar-refractivity contribution is 5.77. The van der Waals surface area contributed by atoms with Crippen molar-refractivity contribution in [2.75, 3.05) is 19.6 Å². The molecule has 1 aliphatic rings. The quantitative estimate of drug-likeness (QED) is 0.382. The van der Waals surface area contributed by atoms with Gasteiger partial charge in [-0.25, -0.2) is 9.78 Å². The molecule has 8 nitrogen and oxygen atoms in total. The van der Waals surface area contributed by atoms with Gasteiger partial charge in [-0.2, -0.15) is 0 Å². The number of hydrogen-bond acceptors (Lipinski definition) is 5. The van der Waals surface area contributed by atoms with Crippen LogP contribution < -0.4 is 11.2 Å². The van der Waals surface area contributed by atoms with Gasteiger partial charge in [-0.3, -0.25) is 9.36 Å². The molecule has 8 heteroatoms. The summed E-state index contributed by atoms with van der Waals surface area (Å²) in [6, 6.07) is 19.3. The molecular formula is C28H29N5O3. The second kappa shape index (κ2) is 9.62. The van der Waals surface area contributed by atoms with E-state index in [9.17, 15) is 9.59 Å². The molecule has 6 rings (SSSR count). The van der Waals surface area contributed by atoms with E-state index in [0.29, 0.717) is 36.5 Å². The third-order valence-electron chi connectivity index (χ3n) is 7.34. The molecule has 36 heavy (non-hydrogen) atoms. The number of piperidine rings is 1. The molecule has 2 aromatic carbocycles. The van der Waals surface area contributed by atoms with Gasteiger partial charge >= 0.3 is 5.69 Å². The van der Waals surface area contributed by atoms with Crippen molar-refractivity contribution in [1.29, 1.82) is 0 Å². The molecule has 0 radical (unpaired) electrons. The zero-order valence-corrected chi connectivity index (χ0v) is 20.1. The van der Waals surface area contributed by atoms with Crippen LogP contribution in [0.5, 0.6) is 0 Å². The lowest BCUT2D eigenvalue weighted by molar-refractivity contribution is 0.176. The maximum atomic E-state index is 12.8. The number of aromatic nitrogens is 4. The average Bonchev–Trinajstić information content (AvgIpc) is 3.53. The highest BCUT2D eigenvalue weighted by atomic mass is 16.3. The first-order chi connectivity index (χ1) is 17.7. The average molecular weight is 484 g/mol. The normalized spacial score (nSPS) is 15.2. The van der Waals surface area contributed by atoms with E-state index in [0.717, 1.165) is 55.0 Å². The molecule has 0 unspecified atom stereocenters. The van der Waals surface area contributed by atoms with E-state index in [4.69, 9.17) is 9.40 Å². The van der Waals surface area contributed by atoms with Gasteiger partial charge < -0.3 is 18.9 Å². The first kappa shape index (κ1) is 22.5. The van der Waals surface area contributed by atoms with Gasteiger partial charge in [0.1, 0.15) is 11.6 Å². The maximum Gasteiger partial charge on any atom is 0.328 e.